The van der Waals surface area contributed by atoms with Crippen LogP contribution in [-0.2, 0) is 6.54 Å². The molecule has 0 bridgehead atoms. The first-order valence-corrected chi connectivity index (χ1v) is 7.33. The van der Waals surface area contributed by atoms with Gasteiger partial charge in [0.05, 0.1) is 11.4 Å². The Kier molecular flexibility index (Phi) is 4.40. The summed E-state index contributed by atoms with van der Waals surface area (Å²) < 4.78 is 2.44. The Morgan fingerprint density at radius 1 is 1.35 bits per heavy atom. The molecule has 2 rings (SSSR count). The zero-order valence-electron chi connectivity index (χ0n) is 11.9. The largest absolute Gasteiger partial charge is 0.326 e. The zero-order chi connectivity index (χ0) is 14.9. The number of halogens is 1. The first-order valence-electron chi connectivity index (χ1n) is 6.53. The van der Waals surface area contributed by atoms with Crippen molar-refractivity contribution in [1.82, 2.24) is 9.78 Å². The van der Waals surface area contributed by atoms with E-state index in [-0.39, 0.29) is 11.5 Å². The van der Waals surface area contributed by atoms with Crippen molar-refractivity contribution < 1.29 is 0 Å². The molecule has 20 heavy (non-hydrogen) atoms. The topological polar surface area (TPSA) is 60.9 Å². The molecule has 0 aliphatic heterocycles. The van der Waals surface area contributed by atoms with Crippen molar-refractivity contribution in [3.63, 3.8) is 0 Å². The molecule has 0 unspecified atom stereocenters. The summed E-state index contributed by atoms with van der Waals surface area (Å²) in [5.74, 6) is 0.219. The molecule has 0 fully saturated rings. The van der Waals surface area contributed by atoms with Crippen molar-refractivity contribution in [3.8, 4) is 5.69 Å². The van der Waals surface area contributed by atoms with Gasteiger partial charge in [-0.3, -0.25) is 4.79 Å². The van der Waals surface area contributed by atoms with Crippen molar-refractivity contribution >= 4 is 15.9 Å². The Morgan fingerprint density at radius 3 is 2.60 bits per heavy atom. The van der Waals surface area contributed by atoms with Crippen molar-refractivity contribution in [2.75, 3.05) is 0 Å². The minimum atomic E-state index is -0.153. The highest BCUT2D eigenvalue weighted by atomic mass is 79.9. The van der Waals surface area contributed by atoms with E-state index in [1.807, 2.05) is 39.0 Å². The third-order valence-corrected chi connectivity index (χ3v) is 3.69. The van der Waals surface area contributed by atoms with Gasteiger partial charge in [-0.15, -0.1) is 0 Å². The molecule has 0 aliphatic carbocycles. The number of hydrogen-bond donors (Lipinski definition) is 1. The first kappa shape index (κ1) is 14.9. The van der Waals surface area contributed by atoms with Gasteiger partial charge in [0, 0.05) is 17.1 Å². The summed E-state index contributed by atoms with van der Waals surface area (Å²) in [6.07, 6.45) is 0. The zero-order valence-corrected chi connectivity index (χ0v) is 13.4. The van der Waals surface area contributed by atoms with Gasteiger partial charge in [-0.25, -0.2) is 0 Å². The number of benzene rings is 1. The van der Waals surface area contributed by atoms with E-state index >= 15 is 0 Å². The van der Waals surface area contributed by atoms with Gasteiger partial charge < -0.3 is 5.73 Å². The molecule has 0 amide bonds. The predicted molar refractivity (Wildman–Crippen MR) is 84.3 cm³/mol. The van der Waals surface area contributed by atoms with Crippen LogP contribution in [0.4, 0.5) is 0 Å². The van der Waals surface area contributed by atoms with Crippen LogP contribution in [0.5, 0.6) is 0 Å². The third kappa shape index (κ3) is 2.83. The molecule has 106 valence electrons. The van der Waals surface area contributed by atoms with Crippen molar-refractivity contribution in [2.24, 2.45) is 5.73 Å². The van der Waals surface area contributed by atoms with Gasteiger partial charge in [0.2, 0.25) is 0 Å². The van der Waals surface area contributed by atoms with E-state index in [4.69, 9.17) is 5.73 Å². The van der Waals surface area contributed by atoms with Gasteiger partial charge >= 0.3 is 0 Å². The van der Waals surface area contributed by atoms with Gasteiger partial charge in [0.1, 0.15) is 0 Å². The molecule has 0 saturated carbocycles. The molecular weight excluding hydrogens is 318 g/mol. The second-order valence-corrected chi connectivity index (χ2v) is 6.01. The Balaban J connectivity index is 2.68. The molecule has 0 atom stereocenters. The van der Waals surface area contributed by atoms with Gasteiger partial charge in [0.15, 0.2) is 0 Å². The summed E-state index contributed by atoms with van der Waals surface area (Å²) in [6, 6.07) is 7.35. The highest BCUT2D eigenvalue weighted by Crippen LogP contribution is 2.20. The highest BCUT2D eigenvalue weighted by molar-refractivity contribution is 9.10. The fourth-order valence-corrected chi connectivity index (χ4v) is 2.66. The van der Waals surface area contributed by atoms with Crippen molar-refractivity contribution in [1.29, 1.82) is 0 Å². The maximum atomic E-state index is 12.2. The Hall–Kier alpha value is -1.46. The minimum Gasteiger partial charge on any atom is -0.326 e. The molecule has 2 N–H and O–H groups in total. The van der Waals surface area contributed by atoms with Crippen LogP contribution in [0.25, 0.3) is 5.69 Å². The molecule has 2 aromatic rings. The van der Waals surface area contributed by atoms with Crippen LogP contribution in [0.15, 0.2) is 33.5 Å². The van der Waals surface area contributed by atoms with E-state index in [1.165, 1.54) is 4.68 Å². The van der Waals surface area contributed by atoms with Crippen LogP contribution < -0.4 is 11.3 Å². The molecule has 1 aromatic carbocycles. The molecule has 0 saturated heterocycles. The lowest BCUT2D eigenvalue weighted by molar-refractivity contribution is 0.692. The molecule has 1 heterocycles. The van der Waals surface area contributed by atoms with E-state index in [0.29, 0.717) is 6.54 Å². The molecule has 5 heteroatoms. The van der Waals surface area contributed by atoms with E-state index in [1.54, 1.807) is 6.07 Å². The summed E-state index contributed by atoms with van der Waals surface area (Å²) in [4.78, 5) is 12.2. The summed E-state index contributed by atoms with van der Waals surface area (Å²) in [6.45, 7) is 6.38. The van der Waals surface area contributed by atoms with Crippen LogP contribution in [-0.4, -0.2) is 9.78 Å². The van der Waals surface area contributed by atoms with Crippen molar-refractivity contribution in [2.45, 2.75) is 33.2 Å². The fraction of sp³-hybridized carbons (Fsp3) is 0.333. The van der Waals surface area contributed by atoms with E-state index < -0.39 is 0 Å². The molecule has 0 radical (unpaired) electrons. The summed E-state index contributed by atoms with van der Waals surface area (Å²) >= 11 is 3.42. The lowest BCUT2D eigenvalue weighted by Crippen LogP contribution is -2.25. The molecule has 0 aliphatic rings. The first-order chi connectivity index (χ1) is 9.43. The Bertz CT molecular complexity index is 692. The smallest absolute Gasteiger partial charge is 0.271 e. The number of nitrogens with two attached hydrogens (primary N) is 1. The summed E-state index contributed by atoms with van der Waals surface area (Å²) in [5, 5.41) is 4.51. The van der Waals surface area contributed by atoms with Crippen molar-refractivity contribution in [3.05, 3.63) is 55.9 Å². The van der Waals surface area contributed by atoms with E-state index in [2.05, 4.69) is 21.0 Å². The Morgan fingerprint density at radius 2 is 2.05 bits per heavy atom. The monoisotopic (exact) mass is 335 g/mol. The average Bonchev–Trinajstić information content (AvgIpc) is 2.38. The fourth-order valence-electron chi connectivity index (χ4n) is 2.18. The minimum absolute atomic E-state index is 0.153. The van der Waals surface area contributed by atoms with Crippen LogP contribution >= 0.6 is 15.9 Å². The maximum Gasteiger partial charge on any atom is 0.271 e. The Labute approximate surface area is 126 Å². The van der Waals surface area contributed by atoms with Gasteiger partial charge in [-0.05, 0) is 42.2 Å². The second kappa shape index (κ2) is 5.89. The average molecular weight is 336 g/mol. The van der Waals surface area contributed by atoms with E-state index in [9.17, 15) is 4.79 Å². The van der Waals surface area contributed by atoms with Crippen LogP contribution in [0, 0.1) is 6.92 Å². The third-order valence-electron chi connectivity index (χ3n) is 3.20. The SMILES string of the molecule is Cc1cc(Br)ccc1-n1nc(C(C)C)c(CN)cc1=O. The molecular formula is C15H18BrN3O. The van der Waals surface area contributed by atoms with Crippen LogP contribution in [0.3, 0.4) is 0 Å². The lowest BCUT2D eigenvalue weighted by atomic mass is 10.0. The van der Waals surface area contributed by atoms with Crippen LogP contribution in [0.1, 0.15) is 36.6 Å². The normalized spacial score (nSPS) is 11.1. The van der Waals surface area contributed by atoms with E-state index in [0.717, 1.165) is 27.0 Å². The quantitative estimate of drug-likeness (QED) is 0.938. The van der Waals surface area contributed by atoms with Crippen LogP contribution in [0.2, 0.25) is 0 Å². The van der Waals surface area contributed by atoms with Gasteiger partial charge in [-0.2, -0.15) is 9.78 Å². The van der Waals surface area contributed by atoms with Gasteiger partial charge in [-0.1, -0.05) is 29.8 Å². The molecule has 4 nitrogen and oxygen atoms in total. The number of rotatable bonds is 3. The predicted octanol–water partition coefficient (Wildman–Crippen LogP) is 2.89. The standard InChI is InChI=1S/C15H18BrN3O/c1-9(2)15-11(8-17)7-14(20)19(18-15)13-5-4-12(16)6-10(13)3/h4-7,9H,8,17H2,1-3H3. The lowest BCUT2D eigenvalue weighted by Gasteiger charge is -2.14. The number of aromatic nitrogens is 2. The van der Waals surface area contributed by atoms with Gasteiger partial charge in [0.25, 0.3) is 5.56 Å². The summed E-state index contributed by atoms with van der Waals surface area (Å²) in [7, 11) is 0. The maximum absolute atomic E-state index is 12.2. The highest BCUT2D eigenvalue weighted by Gasteiger charge is 2.13. The number of aryl methyl sites for hydroxylation is 1. The second-order valence-electron chi connectivity index (χ2n) is 5.09. The number of hydrogen-bond acceptors (Lipinski definition) is 3. The number of nitrogens with zero attached hydrogens (tertiary/aromatic N) is 2. The molecule has 0 spiro atoms. The summed E-state index contributed by atoms with van der Waals surface area (Å²) in [5.41, 5.74) is 9.02. The molecule has 1 aromatic heterocycles.